The predicted octanol–water partition coefficient (Wildman–Crippen LogP) is 2.10. The Kier molecular flexibility index (Phi) is 3.96. The summed E-state index contributed by atoms with van der Waals surface area (Å²) in [5.74, 6) is 0.799. The Balaban J connectivity index is 2.44. The fourth-order valence-electron chi connectivity index (χ4n) is 2.16. The van der Waals surface area contributed by atoms with Crippen molar-refractivity contribution in [3.8, 4) is 0 Å². The molecule has 1 N–H and O–H groups in total. The lowest BCUT2D eigenvalue weighted by Gasteiger charge is -2.42. The third kappa shape index (κ3) is 3.58. The SMILES string of the molecule is CC(C)CC1CN(C(C)(C)C)CCN1. The standard InChI is InChI=1S/C12H26N2/c1-10(2)8-11-9-14(7-6-13-11)12(3,4)5/h10-11,13H,6-9H2,1-5H3. The highest BCUT2D eigenvalue weighted by Gasteiger charge is 2.27. The van der Waals surface area contributed by atoms with Crippen LogP contribution >= 0.6 is 0 Å². The number of nitrogens with one attached hydrogen (secondary N) is 1. The van der Waals surface area contributed by atoms with Gasteiger partial charge in [0.25, 0.3) is 0 Å². The molecule has 84 valence electrons. The van der Waals surface area contributed by atoms with Crippen LogP contribution in [0.15, 0.2) is 0 Å². The molecular formula is C12H26N2. The van der Waals surface area contributed by atoms with Gasteiger partial charge in [0.2, 0.25) is 0 Å². The number of piperazine rings is 1. The largest absolute Gasteiger partial charge is 0.311 e. The number of hydrogen-bond acceptors (Lipinski definition) is 2. The van der Waals surface area contributed by atoms with Gasteiger partial charge in [-0.25, -0.2) is 0 Å². The molecule has 0 amide bonds. The van der Waals surface area contributed by atoms with E-state index in [1.807, 2.05) is 0 Å². The third-order valence-corrected chi connectivity index (χ3v) is 2.96. The van der Waals surface area contributed by atoms with Crippen molar-refractivity contribution in [1.29, 1.82) is 0 Å². The first-order chi connectivity index (χ1) is 6.39. The molecule has 1 saturated heterocycles. The Morgan fingerprint density at radius 3 is 2.50 bits per heavy atom. The summed E-state index contributed by atoms with van der Waals surface area (Å²) >= 11 is 0. The average molecular weight is 198 g/mol. The Morgan fingerprint density at radius 1 is 1.36 bits per heavy atom. The lowest BCUT2D eigenvalue weighted by molar-refractivity contribution is 0.0902. The van der Waals surface area contributed by atoms with E-state index in [0.29, 0.717) is 11.6 Å². The quantitative estimate of drug-likeness (QED) is 0.731. The highest BCUT2D eigenvalue weighted by atomic mass is 15.2. The normalized spacial score (nSPS) is 25.7. The summed E-state index contributed by atoms with van der Waals surface area (Å²) in [7, 11) is 0. The van der Waals surface area contributed by atoms with Crippen LogP contribution in [-0.4, -0.2) is 36.1 Å². The van der Waals surface area contributed by atoms with E-state index in [4.69, 9.17) is 0 Å². The number of nitrogens with zero attached hydrogens (tertiary/aromatic N) is 1. The van der Waals surface area contributed by atoms with Gasteiger partial charge in [0.1, 0.15) is 0 Å². The van der Waals surface area contributed by atoms with E-state index in [1.54, 1.807) is 0 Å². The Labute approximate surface area is 89.1 Å². The molecule has 1 heterocycles. The molecule has 1 aliphatic rings. The summed E-state index contributed by atoms with van der Waals surface area (Å²) in [6.07, 6.45) is 1.30. The molecule has 0 radical (unpaired) electrons. The van der Waals surface area contributed by atoms with E-state index in [2.05, 4.69) is 44.8 Å². The van der Waals surface area contributed by atoms with Crippen LogP contribution in [-0.2, 0) is 0 Å². The van der Waals surface area contributed by atoms with Gasteiger partial charge >= 0.3 is 0 Å². The minimum atomic E-state index is 0.331. The summed E-state index contributed by atoms with van der Waals surface area (Å²) in [6.45, 7) is 15.1. The van der Waals surface area contributed by atoms with E-state index in [-0.39, 0.29) is 0 Å². The summed E-state index contributed by atoms with van der Waals surface area (Å²) in [6, 6.07) is 0.697. The van der Waals surface area contributed by atoms with Crippen molar-refractivity contribution in [3.05, 3.63) is 0 Å². The van der Waals surface area contributed by atoms with Gasteiger partial charge in [-0.3, -0.25) is 4.90 Å². The van der Waals surface area contributed by atoms with Crippen molar-refractivity contribution >= 4 is 0 Å². The average Bonchev–Trinajstić information content (AvgIpc) is 2.01. The molecule has 0 aromatic carbocycles. The van der Waals surface area contributed by atoms with Crippen LogP contribution in [0.5, 0.6) is 0 Å². The minimum absolute atomic E-state index is 0.331. The van der Waals surface area contributed by atoms with E-state index in [1.165, 1.54) is 19.5 Å². The maximum atomic E-state index is 3.61. The van der Waals surface area contributed by atoms with Gasteiger partial charge in [-0.2, -0.15) is 0 Å². The summed E-state index contributed by atoms with van der Waals surface area (Å²) in [5.41, 5.74) is 0.331. The van der Waals surface area contributed by atoms with E-state index < -0.39 is 0 Å². The van der Waals surface area contributed by atoms with Crippen molar-refractivity contribution in [1.82, 2.24) is 10.2 Å². The first kappa shape index (κ1) is 12.0. The highest BCUT2D eigenvalue weighted by molar-refractivity contribution is 4.86. The van der Waals surface area contributed by atoms with Gasteiger partial charge in [0.05, 0.1) is 0 Å². The zero-order chi connectivity index (χ0) is 10.8. The van der Waals surface area contributed by atoms with Crippen LogP contribution in [0.4, 0.5) is 0 Å². The maximum absolute atomic E-state index is 3.61. The van der Waals surface area contributed by atoms with Gasteiger partial charge in [-0.05, 0) is 33.1 Å². The second-order valence-electron chi connectivity index (χ2n) is 5.90. The monoisotopic (exact) mass is 198 g/mol. The smallest absolute Gasteiger partial charge is 0.0198 e. The molecule has 1 rings (SSSR count). The van der Waals surface area contributed by atoms with Crippen LogP contribution in [0.25, 0.3) is 0 Å². The minimum Gasteiger partial charge on any atom is -0.311 e. The molecule has 0 bridgehead atoms. The topological polar surface area (TPSA) is 15.3 Å². The first-order valence-electron chi connectivity index (χ1n) is 5.88. The summed E-state index contributed by atoms with van der Waals surface area (Å²) in [5, 5.41) is 3.61. The number of hydrogen-bond donors (Lipinski definition) is 1. The van der Waals surface area contributed by atoms with Gasteiger partial charge in [-0.15, -0.1) is 0 Å². The van der Waals surface area contributed by atoms with Crippen molar-refractivity contribution in [2.75, 3.05) is 19.6 Å². The molecule has 0 spiro atoms. The fourth-order valence-corrected chi connectivity index (χ4v) is 2.16. The van der Waals surface area contributed by atoms with Crippen molar-refractivity contribution < 1.29 is 0 Å². The van der Waals surface area contributed by atoms with Crippen molar-refractivity contribution in [3.63, 3.8) is 0 Å². The van der Waals surface area contributed by atoms with Crippen LogP contribution in [0.1, 0.15) is 41.0 Å². The lowest BCUT2D eigenvalue weighted by Crippen LogP contribution is -2.56. The molecule has 2 nitrogen and oxygen atoms in total. The molecule has 2 heteroatoms. The molecular weight excluding hydrogens is 172 g/mol. The maximum Gasteiger partial charge on any atom is 0.0198 e. The molecule has 1 unspecified atom stereocenters. The molecule has 0 saturated carbocycles. The van der Waals surface area contributed by atoms with Gasteiger partial charge in [-0.1, -0.05) is 13.8 Å². The predicted molar refractivity (Wildman–Crippen MR) is 62.6 cm³/mol. The molecule has 1 atom stereocenters. The summed E-state index contributed by atoms with van der Waals surface area (Å²) < 4.78 is 0. The molecule has 14 heavy (non-hydrogen) atoms. The van der Waals surface area contributed by atoms with Crippen LogP contribution in [0.3, 0.4) is 0 Å². The Morgan fingerprint density at radius 2 is 2.00 bits per heavy atom. The van der Waals surface area contributed by atoms with E-state index >= 15 is 0 Å². The zero-order valence-corrected chi connectivity index (χ0v) is 10.4. The Hall–Kier alpha value is -0.0800. The van der Waals surface area contributed by atoms with Gasteiger partial charge < -0.3 is 5.32 Å². The summed E-state index contributed by atoms with van der Waals surface area (Å²) in [4.78, 5) is 2.59. The molecule has 0 aromatic rings. The second-order valence-corrected chi connectivity index (χ2v) is 5.90. The molecule has 0 aliphatic carbocycles. The van der Waals surface area contributed by atoms with E-state index in [9.17, 15) is 0 Å². The van der Waals surface area contributed by atoms with E-state index in [0.717, 1.165) is 12.5 Å². The first-order valence-corrected chi connectivity index (χ1v) is 5.88. The molecule has 0 aromatic heterocycles. The van der Waals surface area contributed by atoms with Gasteiger partial charge in [0, 0.05) is 31.2 Å². The molecule has 1 aliphatic heterocycles. The lowest BCUT2D eigenvalue weighted by atomic mass is 9.98. The van der Waals surface area contributed by atoms with Crippen LogP contribution in [0, 0.1) is 5.92 Å². The Bertz CT molecular complexity index is 170. The van der Waals surface area contributed by atoms with Crippen LogP contribution < -0.4 is 5.32 Å². The van der Waals surface area contributed by atoms with Gasteiger partial charge in [0.15, 0.2) is 0 Å². The molecule has 1 fully saturated rings. The highest BCUT2D eigenvalue weighted by Crippen LogP contribution is 2.17. The fraction of sp³-hybridized carbons (Fsp3) is 1.00. The van der Waals surface area contributed by atoms with Crippen molar-refractivity contribution in [2.45, 2.75) is 52.6 Å². The number of rotatable bonds is 2. The zero-order valence-electron chi connectivity index (χ0n) is 10.4. The third-order valence-electron chi connectivity index (χ3n) is 2.96. The second kappa shape index (κ2) is 4.63. The van der Waals surface area contributed by atoms with Crippen LogP contribution in [0.2, 0.25) is 0 Å². The van der Waals surface area contributed by atoms with Crippen molar-refractivity contribution in [2.24, 2.45) is 5.92 Å².